The molecule has 0 fully saturated rings. The molecule has 0 unspecified atom stereocenters. The smallest absolute Gasteiger partial charge is 0.242 e. The number of nitrogens with zero attached hydrogens (tertiary/aromatic N) is 1. The lowest BCUT2D eigenvalue weighted by Crippen LogP contribution is -2.36. The largest absolute Gasteiger partial charge is 0.368 e. The fourth-order valence-corrected chi connectivity index (χ4v) is 1.03. The van der Waals surface area contributed by atoms with Crippen LogP contribution in [0, 0.1) is 11.3 Å². The number of amides is 1. The number of rotatable bonds is 2. The summed E-state index contributed by atoms with van der Waals surface area (Å²) in [6.45, 7) is 1.52. The molecule has 2 N–H and O–H groups in total. The molecule has 0 spiro atoms. The van der Waals surface area contributed by atoms with Crippen molar-refractivity contribution in [1.82, 2.24) is 0 Å². The Hall–Kier alpha value is -1.82. The van der Waals surface area contributed by atoms with Gasteiger partial charge in [-0.3, -0.25) is 4.79 Å². The maximum Gasteiger partial charge on any atom is 0.242 e. The highest BCUT2D eigenvalue weighted by Gasteiger charge is 2.32. The van der Waals surface area contributed by atoms with E-state index in [9.17, 15) is 4.79 Å². The molecule has 0 aliphatic carbocycles. The van der Waals surface area contributed by atoms with Crippen LogP contribution in [-0.2, 0) is 10.2 Å². The third-order valence-electron chi connectivity index (χ3n) is 2.07. The van der Waals surface area contributed by atoms with Gasteiger partial charge in [0.25, 0.3) is 0 Å². The summed E-state index contributed by atoms with van der Waals surface area (Å²) in [5.41, 5.74) is 4.56. The minimum atomic E-state index is -1.22. The zero-order chi connectivity index (χ0) is 9.90. The van der Waals surface area contributed by atoms with Crippen molar-refractivity contribution in [1.29, 1.82) is 5.26 Å². The van der Waals surface area contributed by atoms with E-state index < -0.39 is 11.3 Å². The van der Waals surface area contributed by atoms with Crippen LogP contribution in [0.4, 0.5) is 0 Å². The van der Waals surface area contributed by atoms with Crippen LogP contribution in [0.2, 0.25) is 0 Å². The molecule has 0 aliphatic heterocycles. The van der Waals surface area contributed by atoms with Gasteiger partial charge in [0.05, 0.1) is 6.07 Å². The molecule has 1 amide bonds. The molecule has 0 heterocycles. The quantitative estimate of drug-likeness (QED) is 0.725. The molecule has 1 rings (SSSR count). The van der Waals surface area contributed by atoms with Crippen molar-refractivity contribution in [3.8, 4) is 6.07 Å². The number of carbonyl (C=O) groups is 1. The highest BCUT2D eigenvalue weighted by Crippen LogP contribution is 2.21. The first kappa shape index (κ1) is 9.27. The van der Waals surface area contributed by atoms with E-state index in [-0.39, 0.29) is 0 Å². The molecular weight excluding hydrogens is 164 g/mol. The summed E-state index contributed by atoms with van der Waals surface area (Å²) >= 11 is 0. The zero-order valence-corrected chi connectivity index (χ0v) is 7.32. The number of benzene rings is 1. The summed E-state index contributed by atoms with van der Waals surface area (Å²) in [7, 11) is 0. The lowest BCUT2D eigenvalue weighted by Gasteiger charge is -2.17. The average Bonchev–Trinajstić information content (AvgIpc) is 2.17. The van der Waals surface area contributed by atoms with E-state index in [1.54, 1.807) is 24.3 Å². The highest BCUT2D eigenvalue weighted by molar-refractivity contribution is 5.89. The summed E-state index contributed by atoms with van der Waals surface area (Å²) in [6.07, 6.45) is 0. The SMILES string of the molecule is C[C@](C#N)(C(N)=O)c1ccccc1. The summed E-state index contributed by atoms with van der Waals surface area (Å²) in [6, 6.07) is 10.7. The number of hydrogen-bond acceptors (Lipinski definition) is 2. The third-order valence-corrected chi connectivity index (χ3v) is 2.07. The second-order valence-corrected chi connectivity index (χ2v) is 2.97. The molecule has 1 aromatic carbocycles. The predicted octanol–water partition coefficient (Wildman–Crippen LogP) is 0.953. The van der Waals surface area contributed by atoms with Crippen LogP contribution in [0.15, 0.2) is 30.3 Å². The monoisotopic (exact) mass is 174 g/mol. The van der Waals surface area contributed by atoms with Crippen LogP contribution in [0.3, 0.4) is 0 Å². The minimum absolute atomic E-state index is 0.624. The van der Waals surface area contributed by atoms with Crippen molar-refractivity contribution < 1.29 is 4.79 Å². The normalized spacial score (nSPS) is 14.2. The number of primary amides is 1. The van der Waals surface area contributed by atoms with Crippen LogP contribution in [0.25, 0.3) is 0 Å². The van der Waals surface area contributed by atoms with Crippen molar-refractivity contribution >= 4 is 5.91 Å². The third kappa shape index (κ3) is 1.52. The van der Waals surface area contributed by atoms with Crippen LogP contribution in [0.5, 0.6) is 0 Å². The van der Waals surface area contributed by atoms with Gasteiger partial charge >= 0.3 is 0 Å². The molecule has 3 heteroatoms. The number of hydrogen-bond donors (Lipinski definition) is 1. The van der Waals surface area contributed by atoms with Crippen molar-refractivity contribution in [3.05, 3.63) is 35.9 Å². The van der Waals surface area contributed by atoms with E-state index in [2.05, 4.69) is 0 Å². The van der Waals surface area contributed by atoms with Crippen molar-refractivity contribution in [2.45, 2.75) is 12.3 Å². The van der Waals surface area contributed by atoms with Crippen molar-refractivity contribution in [2.24, 2.45) is 5.73 Å². The molecule has 13 heavy (non-hydrogen) atoms. The Morgan fingerprint density at radius 2 is 2.00 bits per heavy atom. The first-order valence-electron chi connectivity index (χ1n) is 3.88. The van der Waals surface area contributed by atoms with Gasteiger partial charge in [-0.25, -0.2) is 0 Å². The number of nitrogens with two attached hydrogens (primary N) is 1. The standard InChI is InChI=1S/C10H10N2O/c1-10(7-11,9(12)13)8-5-3-2-4-6-8/h2-6H,1H3,(H2,12,13)/t10-/m1/s1. The lowest BCUT2D eigenvalue weighted by molar-refractivity contribution is -0.121. The first-order valence-corrected chi connectivity index (χ1v) is 3.88. The molecular formula is C10H10N2O. The summed E-state index contributed by atoms with van der Waals surface area (Å²) < 4.78 is 0. The Bertz CT molecular complexity index is 353. The van der Waals surface area contributed by atoms with Crippen LogP contribution in [-0.4, -0.2) is 5.91 Å². The Morgan fingerprint density at radius 3 is 2.38 bits per heavy atom. The van der Waals surface area contributed by atoms with E-state index >= 15 is 0 Å². The van der Waals surface area contributed by atoms with Gasteiger partial charge < -0.3 is 5.73 Å². The van der Waals surface area contributed by atoms with Crippen LogP contribution < -0.4 is 5.73 Å². The van der Waals surface area contributed by atoms with E-state index in [1.807, 2.05) is 12.1 Å². The van der Waals surface area contributed by atoms with Gasteiger partial charge in [-0.1, -0.05) is 30.3 Å². The Kier molecular flexibility index (Phi) is 2.34. The van der Waals surface area contributed by atoms with Gasteiger partial charge in [0.2, 0.25) is 5.91 Å². The van der Waals surface area contributed by atoms with Crippen LogP contribution in [0.1, 0.15) is 12.5 Å². The fourth-order valence-electron chi connectivity index (χ4n) is 1.03. The molecule has 0 saturated heterocycles. The molecule has 0 aromatic heterocycles. The van der Waals surface area contributed by atoms with E-state index in [1.165, 1.54) is 6.92 Å². The van der Waals surface area contributed by atoms with Gasteiger partial charge in [0.1, 0.15) is 0 Å². The lowest BCUT2D eigenvalue weighted by atomic mass is 9.83. The Morgan fingerprint density at radius 1 is 1.46 bits per heavy atom. The average molecular weight is 174 g/mol. The van der Waals surface area contributed by atoms with Gasteiger partial charge in [0, 0.05) is 0 Å². The summed E-state index contributed by atoms with van der Waals surface area (Å²) in [5.74, 6) is -0.624. The minimum Gasteiger partial charge on any atom is -0.368 e. The second kappa shape index (κ2) is 3.28. The molecule has 66 valence electrons. The fraction of sp³-hybridized carbons (Fsp3) is 0.200. The number of nitriles is 1. The second-order valence-electron chi connectivity index (χ2n) is 2.97. The topological polar surface area (TPSA) is 66.9 Å². The summed E-state index contributed by atoms with van der Waals surface area (Å²) in [4.78, 5) is 11.1. The molecule has 3 nitrogen and oxygen atoms in total. The molecule has 0 bridgehead atoms. The van der Waals surface area contributed by atoms with E-state index in [0.29, 0.717) is 5.56 Å². The summed E-state index contributed by atoms with van der Waals surface area (Å²) in [5, 5.41) is 8.86. The van der Waals surface area contributed by atoms with Gasteiger partial charge in [-0.05, 0) is 12.5 Å². The predicted molar refractivity (Wildman–Crippen MR) is 48.6 cm³/mol. The molecule has 1 atom stereocenters. The zero-order valence-electron chi connectivity index (χ0n) is 7.32. The Balaban J connectivity index is 3.21. The molecule has 0 radical (unpaired) electrons. The van der Waals surface area contributed by atoms with Gasteiger partial charge in [0.15, 0.2) is 5.41 Å². The highest BCUT2D eigenvalue weighted by atomic mass is 16.1. The van der Waals surface area contributed by atoms with Crippen molar-refractivity contribution in [3.63, 3.8) is 0 Å². The molecule has 0 aliphatic rings. The van der Waals surface area contributed by atoms with E-state index in [0.717, 1.165) is 0 Å². The molecule has 1 aromatic rings. The van der Waals surface area contributed by atoms with Crippen molar-refractivity contribution in [2.75, 3.05) is 0 Å². The number of carbonyl (C=O) groups excluding carboxylic acids is 1. The Labute approximate surface area is 76.8 Å². The van der Waals surface area contributed by atoms with E-state index in [4.69, 9.17) is 11.0 Å². The van der Waals surface area contributed by atoms with Crippen LogP contribution >= 0.6 is 0 Å². The molecule has 0 saturated carbocycles. The maximum absolute atomic E-state index is 11.1. The first-order chi connectivity index (χ1) is 6.11. The van der Waals surface area contributed by atoms with Gasteiger partial charge in [-0.2, -0.15) is 5.26 Å². The maximum atomic E-state index is 11.1. The van der Waals surface area contributed by atoms with Gasteiger partial charge in [-0.15, -0.1) is 0 Å².